The molecule has 138 valence electrons. The molecule has 25 heavy (non-hydrogen) atoms. The van der Waals surface area contributed by atoms with Crippen LogP contribution in [0.25, 0.3) is 0 Å². The van der Waals surface area contributed by atoms with Crippen LogP contribution in [0.2, 0.25) is 0 Å². The molecule has 2 heterocycles. The van der Waals surface area contributed by atoms with Crippen molar-refractivity contribution >= 4 is 5.91 Å². The van der Waals surface area contributed by atoms with Gasteiger partial charge in [0.25, 0.3) is 0 Å². The maximum absolute atomic E-state index is 13.2. The summed E-state index contributed by atoms with van der Waals surface area (Å²) in [6.45, 7) is 3.50. The number of carbonyl (C=O) groups excluding carboxylic acids is 1. The van der Waals surface area contributed by atoms with Crippen LogP contribution in [0.1, 0.15) is 11.7 Å². The largest absolute Gasteiger partial charge is 0.418 e. The lowest BCUT2D eigenvalue weighted by molar-refractivity contribution is -0.224. The first-order valence-corrected chi connectivity index (χ1v) is 8.28. The van der Waals surface area contributed by atoms with Crippen LogP contribution in [0, 0.1) is 0 Å². The summed E-state index contributed by atoms with van der Waals surface area (Å²) in [5.41, 5.74) is -0.00222. The molecule has 0 saturated carbocycles. The van der Waals surface area contributed by atoms with Gasteiger partial charge in [-0.15, -0.1) is 0 Å². The first-order valence-electron chi connectivity index (χ1n) is 8.28. The van der Waals surface area contributed by atoms with Crippen molar-refractivity contribution in [2.45, 2.75) is 18.3 Å². The van der Waals surface area contributed by atoms with Gasteiger partial charge in [0.05, 0.1) is 13.2 Å². The Bertz CT molecular complexity index is 570. The quantitative estimate of drug-likeness (QED) is 0.806. The van der Waals surface area contributed by atoms with E-state index in [0.717, 1.165) is 13.1 Å². The minimum absolute atomic E-state index is 0.00222. The molecule has 1 amide bonds. The lowest BCUT2D eigenvalue weighted by atomic mass is 10.1. The van der Waals surface area contributed by atoms with Crippen LogP contribution in [0.5, 0.6) is 0 Å². The Balaban J connectivity index is 1.49. The zero-order valence-electron chi connectivity index (χ0n) is 13.7. The van der Waals surface area contributed by atoms with Crippen molar-refractivity contribution in [2.24, 2.45) is 0 Å². The van der Waals surface area contributed by atoms with E-state index in [-0.39, 0.29) is 11.6 Å². The Morgan fingerprint density at radius 3 is 2.44 bits per heavy atom. The minimum atomic E-state index is -4.56. The number of alkyl halides is 3. The number of ether oxygens (including phenoxy) is 2. The highest BCUT2D eigenvalue weighted by Gasteiger charge is 2.43. The number of rotatable bonds is 5. The van der Waals surface area contributed by atoms with Crippen LogP contribution in [-0.4, -0.2) is 73.9 Å². The van der Waals surface area contributed by atoms with Crippen molar-refractivity contribution < 1.29 is 27.4 Å². The standard InChI is InChI=1S/C17H21F3N2O3/c18-17(19,20)16(13-4-2-1-3-5-13)25-12-15(23)22-10-14(11-22)21-6-8-24-9-7-21/h1-5,14,16H,6-12H2/t16-/m1/s1. The molecule has 0 aliphatic carbocycles. The predicted octanol–water partition coefficient (Wildman–Crippen LogP) is 1.85. The molecule has 2 aliphatic rings. The minimum Gasteiger partial charge on any atom is -0.379 e. The average Bonchev–Trinajstić information content (AvgIpc) is 2.54. The molecule has 0 aromatic heterocycles. The first-order chi connectivity index (χ1) is 11.9. The van der Waals surface area contributed by atoms with E-state index >= 15 is 0 Å². The number of hydrogen-bond donors (Lipinski definition) is 0. The van der Waals surface area contributed by atoms with Gasteiger partial charge < -0.3 is 14.4 Å². The van der Waals surface area contributed by atoms with Crippen molar-refractivity contribution in [3.8, 4) is 0 Å². The van der Waals surface area contributed by atoms with E-state index < -0.39 is 24.8 Å². The van der Waals surface area contributed by atoms with Crippen LogP contribution in [0.3, 0.4) is 0 Å². The second-order valence-corrected chi connectivity index (χ2v) is 6.24. The highest BCUT2D eigenvalue weighted by Crippen LogP contribution is 2.35. The SMILES string of the molecule is O=C(CO[C@H](c1ccccc1)C(F)(F)F)N1CC(N2CCOCC2)C1. The van der Waals surface area contributed by atoms with Crippen LogP contribution < -0.4 is 0 Å². The van der Waals surface area contributed by atoms with E-state index in [4.69, 9.17) is 9.47 Å². The van der Waals surface area contributed by atoms with Gasteiger partial charge in [0.15, 0.2) is 6.10 Å². The molecule has 5 nitrogen and oxygen atoms in total. The number of hydrogen-bond acceptors (Lipinski definition) is 4. The van der Waals surface area contributed by atoms with Crippen LogP contribution in [0.15, 0.2) is 30.3 Å². The van der Waals surface area contributed by atoms with Gasteiger partial charge in [-0.3, -0.25) is 9.69 Å². The fourth-order valence-corrected chi connectivity index (χ4v) is 3.09. The van der Waals surface area contributed by atoms with Crippen LogP contribution in [0.4, 0.5) is 13.2 Å². The molecule has 0 radical (unpaired) electrons. The zero-order valence-corrected chi connectivity index (χ0v) is 13.7. The summed E-state index contributed by atoms with van der Waals surface area (Å²) in [5.74, 6) is -0.408. The first kappa shape index (κ1) is 18.2. The number of nitrogens with zero attached hydrogens (tertiary/aromatic N) is 2. The maximum Gasteiger partial charge on any atom is 0.418 e. The molecule has 2 saturated heterocycles. The highest BCUT2D eigenvalue weighted by molar-refractivity contribution is 5.78. The van der Waals surface area contributed by atoms with Gasteiger partial charge >= 0.3 is 6.18 Å². The van der Waals surface area contributed by atoms with Gasteiger partial charge in [-0.2, -0.15) is 13.2 Å². The summed E-state index contributed by atoms with van der Waals surface area (Å²) in [4.78, 5) is 15.9. The normalized spacial score (nSPS) is 21.0. The Morgan fingerprint density at radius 2 is 1.84 bits per heavy atom. The smallest absolute Gasteiger partial charge is 0.379 e. The molecular weight excluding hydrogens is 337 g/mol. The molecule has 0 bridgehead atoms. The lowest BCUT2D eigenvalue weighted by Gasteiger charge is -2.46. The topological polar surface area (TPSA) is 42.0 Å². The zero-order chi connectivity index (χ0) is 17.9. The van der Waals surface area contributed by atoms with E-state index in [1.54, 1.807) is 11.0 Å². The molecule has 1 aromatic carbocycles. The molecule has 0 spiro atoms. The Labute approximate surface area is 144 Å². The third-order valence-corrected chi connectivity index (χ3v) is 4.55. The number of likely N-dealkylation sites (tertiary alicyclic amines) is 1. The summed E-state index contributed by atoms with van der Waals surface area (Å²) < 4.78 is 49.8. The number of halogens is 3. The summed E-state index contributed by atoms with van der Waals surface area (Å²) in [6, 6.07) is 7.62. The molecule has 0 N–H and O–H groups in total. The molecule has 1 aromatic rings. The molecule has 3 rings (SSSR count). The lowest BCUT2D eigenvalue weighted by Crippen LogP contribution is -2.63. The highest BCUT2D eigenvalue weighted by atomic mass is 19.4. The summed E-state index contributed by atoms with van der Waals surface area (Å²) in [6.07, 6.45) is -6.65. The summed E-state index contributed by atoms with van der Waals surface area (Å²) in [7, 11) is 0. The van der Waals surface area contributed by atoms with Crippen molar-refractivity contribution in [3.05, 3.63) is 35.9 Å². The third kappa shape index (κ3) is 4.50. The van der Waals surface area contributed by atoms with Gasteiger partial charge in [0.2, 0.25) is 5.91 Å². The Hall–Kier alpha value is -1.64. The Morgan fingerprint density at radius 1 is 1.20 bits per heavy atom. The van der Waals surface area contributed by atoms with Crippen molar-refractivity contribution in [1.29, 1.82) is 0 Å². The molecule has 2 aliphatic heterocycles. The van der Waals surface area contributed by atoms with Crippen molar-refractivity contribution in [2.75, 3.05) is 46.0 Å². The number of benzene rings is 1. The van der Waals surface area contributed by atoms with Crippen LogP contribution in [-0.2, 0) is 14.3 Å². The second kappa shape index (κ2) is 7.72. The van der Waals surface area contributed by atoms with Gasteiger partial charge in [0.1, 0.15) is 6.61 Å². The van der Waals surface area contributed by atoms with Gasteiger partial charge in [0, 0.05) is 32.2 Å². The molecule has 0 unspecified atom stereocenters. The van der Waals surface area contributed by atoms with E-state index in [9.17, 15) is 18.0 Å². The number of carbonyl (C=O) groups is 1. The van der Waals surface area contributed by atoms with Crippen LogP contribution >= 0.6 is 0 Å². The summed E-state index contributed by atoms with van der Waals surface area (Å²) in [5, 5.41) is 0. The fraction of sp³-hybridized carbons (Fsp3) is 0.588. The maximum atomic E-state index is 13.2. The van der Waals surface area contributed by atoms with E-state index in [2.05, 4.69) is 4.90 Å². The van der Waals surface area contributed by atoms with E-state index in [1.165, 1.54) is 24.3 Å². The number of amides is 1. The number of morpholine rings is 1. The molecule has 8 heteroatoms. The third-order valence-electron chi connectivity index (χ3n) is 4.55. The second-order valence-electron chi connectivity index (χ2n) is 6.24. The van der Waals surface area contributed by atoms with Gasteiger partial charge in [-0.05, 0) is 5.56 Å². The van der Waals surface area contributed by atoms with Crippen molar-refractivity contribution in [3.63, 3.8) is 0 Å². The molecular formula is C17H21F3N2O3. The van der Waals surface area contributed by atoms with Gasteiger partial charge in [-0.25, -0.2) is 0 Å². The fourth-order valence-electron chi connectivity index (χ4n) is 3.09. The predicted molar refractivity (Wildman–Crippen MR) is 84.0 cm³/mol. The monoisotopic (exact) mass is 358 g/mol. The van der Waals surface area contributed by atoms with E-state index in [0.29, 0.717) is 26.3 Å². The van der Waals surface area contributed by atoms with Gasteiger partial charge in [-0.1, -0.05) is 30.3 Å². The average molecular weight is 358 g/mol. The van der Waals surface area contributed by atoms with Crippen molar-refractivity contribution in [1.82, 2.24) is 9.80 Å². The molecule has 2 fully saturated rings. The Kier molecular flexibility index (Phi) is 5.61. The summed E-state index contributed by atoms with van der Waals surface area (Å²) >= 11 is 0. The molecule has 1 atom stereocenters. The van der Waals surface area contributed by atoms with E-state index in [1.807, 2.05) is 0 Å².